The molecule has 0 fully saturated rings. The van der Waals surface area contributed by atoms with Crippen molar-refractivity contribution in [3.05, 3.63) is 63.6 Å². The number of benzene rings is 2. The van der Waals surface area contributed by atoms with Crippen LogP contribution in [0.2, 0.25) is 5.02 Å². The van der Waals surface area contributed by atoms with Crippen LogP contribution in [0, 0.1) is 0 Å². The molecule has 2 nitrogen and oxygen atoms in total. The Morgan fingerprint density at radius 1 is 1.12 bits per heavy atom. The summed E-state index contributed by atoms with van der Waals surface area (Å²) in [5.74, 6) is 0. The van der Waals surface area contributed by atoms with Crippen molar-refractivity contribution in [3.63, 3.8) is 0 Å². The maximum absolute atomic E-state index is 5.79. The van der Waals surface area contributed by atoms with Crippen LogP contribution in [0.25, 0.3) is 0 Å². The molecule has 0 amide bonds. The van der Waals surface area contributed by atoms with Crippen molar-refractivity contribution in [2.45, 2.75) is 0 Å². The van der Waals surface area contributed by atoms with Crippen LogP contribution in [-0.2, 0) is 0 Å². The van der Waals surface area contributed by atoms with Gasteiger partial charge in [-0.3, -0.25) is 5.43 Å². The first-order valence-corrected chi connectivity index (χ1v) is 6.21. The number of anilines is 1. The van der Waals surface area contributed by atoms with Crippen LogP contribution >= 0.6 is 27.5 Å². The van der Waals surface area contributed by atoms with Gasteiger partial charge in [0.2, 0.25) is 0 Å². The second-order valence-corrected chi connectivity index (χ2v) is 4.78. The smallest absolute Gasteiger partial charge is 0.0562 e. The minimum Gasteiger partial charge on any atom is -0.279 e. The molecule has 2 aromatic carbocycles. The maximum Gasteiger partial charge on any atom is 0.0562 e. The molecule has 2 aromatic rings. The normalized spacial score (nSPS) is 10.7. The van der Waals surface area contributed by atoms with Crippen LogP contribution < -0.4 is 5.43 Å². The molecule has 0 spiro atoms. The molecule has 0 aliphatic carbocycles. The van der Waals surface area contributed by atoms with E-state index in [2.05, 4.69) is 26.5 Å². The molecule has 0 aromatic heterocycles. The Bertz CT molecular complexity index is 523. The standard InChI is InChI=1S/C13H10BrClN2/c14-11-3-1-2-10(8-11)9-16-17-13-6-4-12(15)5-7-13/h1-9,17H. The second-order valence-electron chi connectivity index (χ2n) is 3.43. The highest BCUT2D eigenvalue weighted by atomic mass is 79.9. The minimum atomic E-state index is 0.714. The van der Waals surface area contributed by atoms with Crippen LogP contribution in [0.4, 0.5) is 5.69 Å². The predicted octanol–water partition coefficient (Wildman–Crippen LogP) is 4.55. The highest BCUT2D eigenvalue weighted by molar-refractivity contribution is 9.10. The molecule has 0 radical (unpaired) electrons. The van der Waals surface area contributed by atoms with E-state index in [1.165, 1.54) is 0 Å². The van der Waals surface area contributed by atoms with Crippen molar-refractivity contribution < 1.29 is 0 Å². The van der Waals surface area contributed by atoms with Crippen LogP contribution in [0.1, 0.15) is 5.56 Å². The fraction of sp³-hybridized carbons (Fsp3) is 0. The number of hydrazone groups is 1. The monoisotopic (exact) mass is 308 g/mol. The summed E-state index contributed by atoms with van der Waals surface area (Å²) in [5.41, 5.74) is 4.87. The fourth-order valence-electron chi connectivity index (χ4n) is 1.29. The van der Waals surface area contributed by atoms with Gasteiger partial charge in [0.25, 0.3) is 0 Å². The molecular weight excluding hydrogens is 300 g/mol. The molecule has 0 unspecified atom stereocenters. The van der Waals surface area contributed by atoms with Gasteiger partial charge in [0.15, 0.2) is 0 Å². The molecule has 1 N–H and O–H groups in total. The van der Waals surface area contributed by atoms with Gasteiger partial charge in [0.1, 0.15) is 0 Å². The van der Waals surface area contributed by atoms with Crippen LogP contribution in [0.3, 0.4) is 0 Å². The first kappa shape index (κ1) is 12.1. The van der Waals surface area contributed by atoms with E-state index in [1.54, 1.807) is 6.21 Å². The third-order valence-electron chi connectivity index (χ3n) is 2.10. The summed E-state index contributed by atoms with van der Waals surface area (Å²) in [7, 11) is 0. The number of nitrogens with zero attached hydrogens (tertiary/aromatic N) is 1. The Hall–Kier alpha value is -1.32. The average molecular weight is 310 g/mol. The number of nitrogens with one attached hydrogen (secondary N) is 1. The van der Waals surface area contributed by atoms with E-state index in [0.717, 1.165) is 15.7 Å². The largest absolute Gasteiger partial charge is 0.279 e. The summed E-state index contributed by atoms with van der Waals surface area (Å²) in [6.07, 6.45) is 1.76. The molecule has 0 bridgehead atoms. The van der Waals surface area contributed by atoms with Crippen molar-refractivity contribution >= 4 is 39.4 Å². The molecule has 0 atom stereocenters. The van der Waals surface area contributed by atoms with Gasteiger partial charge in [-0.15, -0.1) is 0 Å². The highest BCUT2D eigenvalue weighted by Gasteiger charge is 1.91. The van der Waals surface area contributed by atoms with E-state index in [-0.39, 0.29) is 0 Å². The first-order chi connectivity index (χ1) is 8.24. The van der Waals surface area contributed by atoms with Gasteiger partial charge in [-0.1, -0.05) is 39.7 Å². The molecule has 0 saturated heterocycles. The van der Waals surface area contributed by atoms with E-state index in [0.29, 0.717) is 5.02 Å². The Labute approximate surface area is 113 Å². The summed E-state index contributed by atoms with van der Waals surface area (Å²) >= 11 is 9.20. The molecule has 2 rings (SSSR count). The van der Waals surface area contributed by atoms with E-state index in [9.17, 15) is 0 Å². The summed E-state index contributed by atoms with van der Waals surface area (Å²) in [5, 5.41) is 4.86. The number of hydrogen-bond donors (Lipinski definition) is 1. The quantitative estimate of drug-likeness (QED) is 0.653. The van der Waals surface area contributed by atoms with E-state index >= 15 is 0 Å². The zero-order chi connectivity index (χ0) is 12.1. The van der Waals surface area contributed by atoms with Crippen LogP contribution in [0.5, 0.6) is 0 Å². The third kappa shape index (κ3) is 3.88. The van der Waals surface area contributed by atoms with Gasteiger partial charge in [-0.25, -0.2) is 0 Å². The Morgan fingerprint density at radius 3 is 2.59 bits per heavy atom. The molecular formula is C13H10BrClN2. The Morgan fingerprint density at radius 2 is 1.88 bits per heavy atom. The van der Waals surface area contributed by atoms with E-state index in [4.69, 9.17) is 11.6 Å². The summed E-state index contributed by atoms with van der Waals surface area (Å²) in [6.45, 7) is 0. The second kappa shape index (κ2) is 5.84. The lowest BCUT2D eigenvalue weighted by Crippen LogP contribution is -1.90. The SMILES string of the molecule is Clc1ccc(NN=Cc2cccc(Br)c2)cc1. The van der Waals surface area contributed by atoms with Crippen molar-refractivity contribution in [2.75, 3.05) is 5.43 Å². The molecule has 86 valence electrons. The van der Waals surface area contributed by atoms with Crippen molar-refractivity contribution in [2.24, 2.45) is 5.10 Å². The van der Waals surface area contributed by atoms with E-state index in [1.807, 2.05) is 48.5 Å². The molecule has 17 heavy (non-hydrogen) atoms. The van der Waals surface area contributed by atoms with Gasteiger partial charge >= 0.3 is 0 Å². The molecule has 4 heteroatoms. The highest BCUT2D eigenvalue weighted by Crippen LogP contribution is 2.13. The lowest BCUT2D eigenvalue weighted by Gasteiger charge is -1.99. The van der Waals surface area contributed by atoms with Crippen LogP contribution in [0.15, 0.2) is 58.1 Å². The molecule has 0 heterocycles. The van der Waals surface area contributed by atoms with E-state index < -0.39 is 0 Å². The van der Waals surface area contributed by atoms with Gasteiger partial charge in [-0.05, 0) is 42.0 Å². The average Bonchev–Trinajstić information content (AvgIpc) is 2.32. The zero-order valence-corrected chi connectivity index (χ0v) is 11.2. The third-order valence-corrected chi connectivity index (χ3v) is 2.85. The number of halogens is 2. The molecule has 0 aliphatic heterocycles. The van der Waals surface area contributed by atoms with Crippen LogP contribution in [-0.4, -0.2) is 6.21 Å². The maximum atomic E-state index is 5.79. The lowest BCUT2D eigenvalue weighted by molar-refractivity contribution is 1.35. The van der Waals surface area contributed by atoms with Crippen molar-refractivity contribution in [1.29, 1.82) is 0 Å². The summed E-state index contributed by atoms with van der Waals surface area (Å²) < 4.78 is 1.04. The Balaban J connectivity index is 2.00. The topological polar surface area (TPSA) is 24.4 Å². The van der Waals surface area contributed by atoms with Crippen molar-refractivity contribution in [1.82, 2.24) is 0 Å². The number of rotatable bonds is 3. The lowest BCUT2D eigenvalue weighted by atomic mass is 10.2. The van der Waals surface area contributed by atoms with Gasteiger partial charge in [-0.2, -0.15) is 5.10 Å². The summed E-state index contributed by atoms with van der Waals surface area (Å²) in [4.78, 5) is 0. The van der Waals surface area contributed by atoms with Crippen molar-refractivity contribution in [3.8, 4) is 0 Å². The summed E-state index contributed by atoms with van der Waals surface area (Å²) in [6, 6.07) is 15.3. The minimum absolute atomic E-state index is 0.714. The number of hydrogen-bond acceptors (Lipinski definition) is 2. The van der Waals surface area contributed by atoms with Gasteiger partial charge in [0, 0.05) is 9.50 Å². The van der Waals surface area contributed by atoms with Gasteiger partial charge in [0.05, 0.1) is 11.9 Å². The zero-order valence-electron chi connectivity index (χ0n) is 8.90. The molecule has 0 aliphatic rings. The Kier molecular flexibility index (Phi) is 4.18. The predicted molar refractivity (Wildman–Crippen MR) is 76.8 cm³/mol. The molecule has 0 saturated carbocycles. The first-order valence-electron chi connectivity index (χ1n) is 5.04. The fourth-order valence-corrected chi connectivity index (χ4v) is 1.84. The van der Waals surface area contributed by atoms with Gasteiger partial charge < -0.3 is 0 Å².